The van der Waals surface area contributed by atoms with E-state index >= 15 is 0 Å². The summed E-state index contributed by atoms with van der Waals surface area (Å²) in [7, 11) is 0. The number of halogens is 1. The van der Waals surface area contributed by atoms with Gasteiger partial charge in [-0.3, -0.25) is 0 Å². The Morgan fingerprint density at radius 3 is 2.42 bits per heavy atom. The third-order valence-corrected chi connectivity index (χ3v) is 5.31. The lowest BCUT2D eigenvalue weighted by atomic mass is 9.97. The zero-order valence-corrected chi connectivity index (χ0v) is 14.0. The highest BCUT2D eigenvalue weighted by Gasteiger charge is 2.23. The first-order valence-electron chi connectivity index (χ1n) is 7.61. The van der Waals surface area contributed by atoms with Crippen molar-refractivity contribution >= 4 is 15.9 Å². The molecule has 1 aromatic rings. The molecule has 0 aliphatic heterocycles. The van der Waals surface area contributed by atoms with E-state index < -0.39 is 0 Å². The van der Waals surface area contributed by atoms with E-state index in [9.17, 15) is 0 Å². The van der Waals surface area contributed by atoms with Crippen molar-refractivity contribution in [2.24, 2.45) is 5.92 Å². The summed E-state index contributed by atoms with van der Waals surface area (Å²) in [6, 6.07) is 5.22. The fraction of sp³-hybridized carbons (Fsp3) is 0.647. The summed E-state index contributed by atoms with van der Waals surface area (Å²) in [5.41, 5.74) is 4.17. The highest BCUT2D eigenvalue weighted by Crippen LogP contribution is 2.36. The zero-order valence-electron chi connectivity index (χ0n) is 12.4. The third kappa shape index (κ3) is 4.32. The molecule has 0 spiro atoms. The van der Waals surface area contributed by atoms with Gasteiger partial charge in [0.2, 0.25) is 0 Å². The summed E-state index contributed by atoms with van der Waals surface area (Å²) in [5.74, 6) is 1.02. The molecule has 1 aliphatic rings. The van der Waals surface area contributed by atoms with Crippen molar-refractivity contribution in [2.75, 3.05) is 6.54 Å². The molecular weight excluding hydrogens is 298 g/mol. The quantitative estimate of drug-likeness (QED) is 0.718. The number of hydrogen-bond donors (Lipinski definition) is 1. The van der Waals surface area contributed by atoms with E-state index in [0.717, 1.165) is 12.5 Å². The molecule has 1 fully saturated rings. The smallest absolute Gasteiger partial charge is 0.0320 e. The van der Waals surface area contributed by atoms with Crippen molar-refractivity contribution in [3.63, 3.8) is 0 Å². The van der Waals surface area contributed by atoms with Gasteiger partial charge in [-0.1, -0.05) is 47.8 Å². The molecule has 1 saturated carbocycles. The Morgan fingerprint density at radius 1 is 1.26 bits per heavy atom. The second kappa shape index (κ2) is 6.90. The van der Waals surface area contributed by atoms with Crippen LogP contribution in [0.5, 0.6) is 0 Å². The maximum absolute atomic E-state index is 3.73. The van der Waals surface area contributed by atoms with Crippen molar-refractivity contribution in [2.45, 2.75) is 58.9 Å². The maximum atomic E-state index is 3.73. The van der Waals surface area contributed by atoms with E-state index in [1.807, 2.05) is 0 Å². The van der Waals surface area contributed by atoms with Crippen LogP contribution in [0.15, 0.2) is 16.6 Å². The monoisotopic (exact) mass is 323 g/mol. The molecular formula is C17H26BrN. The van der Waals surface area contributed by atoms with Gasteiger partial charge < -0.3 is 5.32 Å². The number of rotatable bonds is 7. The molecule has 2 heteroatoms. The van der Waals surface area contributed by atoms with Gasteiger partial charge in [-0.25, -0.2) is 0 Å². The van der Waals surface area contributed by atoms with Gasteiger partial charge in [-0.05, 0) is 62.3 Å². The Hall–Kier alpha value is -0.340. The van der Waals surface area contributed by atoms with Gasteiger partial charge in [0.1, 0.15) is 0 Å². The maximum Gasteiger partial charge on any atom is 0.0320 e. The Balaban J connectivity index is 2.10. The first-order valence-corrected chi connectivity index (χ1v) is 8.41. The highest BCUT2D eigenvalue weighted by atomic mass is 79.9. The molecule has 1 aliphatic carbocycles. The summed E-state index contributed by atoms with van der Waals surface area (Å²) in [4.78, 5) is 0. The van der Waals surface area contributed by atoms with Crippen LogP contribution in [0.4, 0.5) is 0 Å². The van der Waals surface area contributed by atoms with Gasteiger partial charge >= 0.3 is 0 Å². The molecule has 1 nitrogen and oxygen atoms in total. The van der Waals surface area contributed by atoms with Crippen LogP contribution < -0.4 is 5.32 Å². The van der Waals surface area contributed by atoms with Crippen LogP contribution in [-0.2, 0) is 0 Å². The molecule has 0 heterocycles. The van der Waals surface area contributed by atoms with Crippen LogP contribution in [0.1, 0.15) is 61.8 Å². The van der Waals surface area contributed by atoms with Crippen LogP contribution in [0.2, 0.25) is 0 Å². The third-order valence-electron chi connectivity index (χ3n) is 4.06. The minimum Gasteiger partial charge on any atom is -0.310 e. The second-order valence-corrected chi connectivity index (χ2v) is 6.79. The summed E-state index contributed by atoms with van der Waals surface area (Å²) >= 11 is 3.67. The fourth-order valence-corrected chi connectivity index (χ4v) is 2.92. The summed E-state index contributed by atoms with van der Waals surface area (Å²) in [6.45, 7) is 7.74. The van der Waals surface area contributed by atoms with Crippen LogP contribution in [0, 0.1) is 19.8 Å². The van der Waals surface area contributed by atoms with E-state index in [2.05, 4.69) is 54.2 Å². The molecule has 106 valence electrons. The SMILES string of the molecule is CCCNC(CCC1CC1)c1cc(C)c(Br)c(C)c1. The van der Waals surface area contributed by atoms with Gasteiger partial charge in [0.05, 0.1) is 0 Å². The molecule has 0 saturated heterocycles. The molecule has 0 aromatic heterocycles. The first-order chi connectivity index (χ1) is 9.11. The normalized spacial score (nSPS) is 16.6. The van der Waals surface area contributed by atoms with E-state index in [1.54, 1.807) is 0 Å². The largest absolute Gasteiger partial charge is 0.310 e. The number of hydrogen-bond acceptors (Lipinski definition) is 1. The fourth-order valence-electron chi connectivity index (χ4n) is 2.69. The average molecular weight is 324 g/mol. The Kier molecular flexibility index (Phi) is 5.47. The molecule has 2 rings (SSSR count). The molecule has 1 aromatic carbocycles. The predicted octanol–water partition coefficient (Wildman–Crippen LogP) is 5.30. The standard InChI is InChI=1S/C17H26BrN/c1-4-9-19-16(8-7-14-5-6-14)15-10-12(2)17(18)13(3)11-15/h10-11,14,16,19H,4-9H2,1-3H3. The van der Waals surface area contributed by atoms with Gasteiger partial charge in [0.15, 0.2) is 0 Å². The van der Waals surface area contributed by atoms with E-state index in [4.69, 9.17) is 0 Å². The lowest BCUT2D eigenvalue weighted by Gasteiger charge is -2.21. The van der Waals surface area contributed by atoms with Gasteiger partial charge in [-0.15, -0.1) is 0 Å². The first kappa shape index (κ1) is 15.1. The van der Waals surface area contributed by atoms with Crippen LogP contribution in [0.3, 0.4) is 0 Å². The molecule has 0 radical (unpaired) electrons. The van der Waals surface area contributed by atoms with Crippen LogP contribution in [0.25, 0.3) is 0 Å². The van der Waals surface area contributed by atoms with Gasteiger partial charge in [0, 0.05) is 10.5 Å². The van der Waals surface area contributed by atoms with Crippen LogP contribution in [-0.4, -0.2) is 6.54 Å². The van der Waals surface area contributed by atoms with Crippen molar-refractivity contribution in [1.82, 2.24) is 5.32 Å². The summed E-state index contributed by atoms with van der Waals surface area (Å²) in [5, 5.41) is 3.73. The summed E-state index contributed by atoms with van der Waals surface area (Å²) in [6.07, 6.45) is 6.78. The highest BCUT2D eigenvalue weighted by molar-refractivity contribution is 9.10. The molecule has 1 unspecified atom stereocenters. The zero-order chi connectivity index (χ0) is 13.8. The molecule has 0 amide bonds. The molecule has 1 atom stereocenters. The van der Waals surface area contributed by atoms with E-state index in [0.29, 0.717) is 6.04 Å². The van der Waals surface area contributed by atoms with Crippen molar-refractivity contribution in [3.05, 3.63) is 33.3 Å². The minimum absolute atomic E-state index is 0.533. The number of nitrogens with one attached hydrogen (secondary N) is 1. The van der Waals surface area contributed by atoms with E-state index in [-0.39, 0.29) is 0 Å². The summed E-state index contributed by atoms with van der Waals surface area (Å²) < 4.78 is 1.26. The topological polar surface area (TPSA) is 12.0 Å². The van der Waals surface area contributed by atoms with Crippen molar-refractivity contribution in [3.8, 4) is 0 Å². The molecule has 1 N–H and O–H groups in total. The molecule has 19 heavy (non-hydrogen) atoms. The van der Waals surface area contributed by atoms with Gasteiger partial charge in [0.25, 0.3) is 0 Å². The van der Waals surface area contributed by atoms with Crippen LogP contribution >= 0.6 is 15.9 Å². The second-order valence-electron chi connectivity index (χ2n) is 6.00. The minimum atomic E-state index is 0.533. The average Bonchev–Trinajstić information content (AvgIpc) is 3.19. The Labute approximate surface area is 126 Å². The predicted molar refractivity (Wildman–Crippen MR) is 86.6 cm³/mol. The lowest BCUT2D eigenvalue weighted by Crippen LogP contribution is -2.22. The Morgan fingerprint density at radius 2 is 1.89 bits per heavy atom. The Bertz CT molecular complexity index is 400. The number of benzene rings is 1. The number of aryl methyl sites for hydroxylation is 2. The molecule has 0 bridgehead atoms. The van der Waals surface area contributed by atoms with Crippen molar-refractivity contribution < 1.29 is 0 Å². The van der Waals surface area contributed by atoms with Crippen molar-refractivity contribution in [1.29, 1.82) is 0 Å². The van der Waals surface area contributed by atoms with Gasteiger partial charge in [-0.2, -0.15) is 0 Å². The van der Waals surface area contributed by atoms with E-state index in [1.165, 1.54) is 53.3 Å². The lowest BCUT2D eigenvalue weighted by molar-refractivity contribution is 0.469.